The first-order chi connectivity index (χ1) is 16.5. The number of hydrogen-bond donors (Lipinski definition) is 0. The van der Waals surface area contributed by atoms with Crippen molar-refractivity contribution in [2.75, 3.05) is 6.61 Å². The summed E-state index contributed by atoms with van der Waals surface area (Å²) in [6, 6.07) is 22.1. The van der Waals surface area contributed by atoms with Crippen molar-refractivity contribution in [3.05, 3.63) is 87.6 Å². The maximum atomic E-state index is 6.38. The van der Waals surface area contributed by atoms with Crippen LogP contribution in [0.2, 0.25) is 51.9 Å². The molecule has 4 heteroatoms. The molecule has 0 amide bonds. The van der Waals surface area contributed by atoms with Crippen molar-refractivity contribution in [2.45, 2.75) is 64.2 Å². The molecule has 0 fully saturated rings. The molecule has 35 heavy (non-hydrogen) atoms. The van der Waals surface area contributed by atoms with Crippen LogP contribution in [-0.4, -0.2) is 31.1 Å². The van der Waals surface area contributed by atoms with Crippen LogP contribution in [-0.2, 0) is 10.8 Å². The Kier molecular flexibility index (Phi) is 5.19. The van der Waals surface area contributed by atoms with E-state index in [1.54, 1.807) is 26.7 Å². The normalized spacial score (nSPS) is 19.1. The van der Waals surface area contributed by atoms with Crippen molar-refractivity contribution in [3.63, 3.8) is 0 Å². The van der Waals surface area contributed by atoms with E-state index in [2.05, 4.69) is 107 Å². The lowest BCUT2D eigenvalue weighted by Gasteiger charge is -2.32. The van der Waals surface area contributed by atoms with Crippen LogP contribution < -0.4 is 10.4 Å². The lowest BCUT2D eigenvalue weighted by Crippen LogP contribution is -2.36. The topological polar surface area (TPSA) is 9.23 Å². The second kappa shape index (κ2) is 7.75. The highest BCUT2D eigenvalue weighted by atomic mass is 28.4. The quantitative estimate of drug-likeness (QED) is 0.253. The third-order valence-corrected chi connectivity index (χ3v) is 16.4. The van der Waals surface area contributed by atoms with Crippen LogP contribution >= 0.6 is 0 Å². The smallest absolute Gasteiger partial charge is 0.183 e. The van der Waals surface area contributed by atoms with Gasteiger partial charge in [-0.05, 0) is 71.1 Å². The summed E-state index contributed by atoms with van der Waals surface area (Å²) in [5, 5.41) is 5.19. The average molecular weight is 511 g/mol. The molecule has 1 heterocycles. The Hall–Kier alpha value is -1.99. The van der Waals surface area contributed by atoms with E-state index in [0.717, 1.165) is 13.0 Å². The van der Waals surface area contributed by atoms with Gasteiger partial charge in [-0.25, -0.2) is 0 Å². The van der Waals surface area contributed by atoms with Gasteiger partial charge in [-0.15, -0.1) is 0 Å². The molecular weight excluding hydrogens is 473 g/mol. The maximum absolute atomic E-state index is 6.38. The summed E-state index contributed by atoms with van der Waals surface area (Å²) in [5.74, 6) is 0.423. The molecule has 0 radical (unpaired) electrons. The predicted molar refractivity (Wildman–Crippen MR) is 159 cm³/mol. The molecule has 0 saturated carbocycles. The number of benzene rings is 3. The molecule has 3 aromatic carbocycles. The third-order valence-electron chi connectivity index (χ3n) is 8.65. The van der Waals surface area contributed by atoms with Crippen molar-refractivity contribution < 1.29 is 4.43 Å². The van der Waals surface area contributed by atoms with Gasteiger partial charge in [0.1, 0.15) is 8.07 Å². The molecule has 0 spiro atoms. The second-order valence-electron chi connectivity index (χ2n) is 13.0. The summed E-state index contributed by atoms with van der Waals surface area (Å²) in [7, 11) is -4.67. The molecule has 1 nitrogen and oxygen atoms in total. The predicted octanol–water partition coefficient (Wildman–Crippen LogP) is 7.02. The van der Waals surface area contributed by atoms with Crippen LogP contribution in [0.5, 0.6) is 0 Å². The maximum Gasteiger partial charge on any atom is 0.183 e. The Morgan fingerprint density at radius 1 is 0.914 bits per heavy atom. The van der Waals surface area contributed by atoms with Gasteiger partial charge in [-0.1, -0.05) is 102 Å². The van der Waals surface area contributed by atoms with Gasteiger partial charge in [0.2, 0.25) is 0 Å². The molecule has 0 saturated heterocycles. The summed E-state index contributed by atoms with van der Waals surface area (Å²) >= 11 is 0. The average Bonchev–Trinajstić information content (AvgIpc) is 3.10. The third kappa shape index (κ3) is 3.72. The molecule has 1 unspecified atom stereocenters. The molecular formula is C31H38OSi3. The molecule has 2 aliphatic carbocycles. The molecule has 180 valence electrons. The first-order valence-corrected chi connectivity index (χ1v) is 22.8. The van der Waals surface area contributed by atoms with Crippen LogP contribution in [0, 0.1) is 0 Å². The summed E-state index contributed by atoms with van der Waals surface area (Å²) in [6.07, 6.45) is 3.68. The summed E-state index contributed by atoms with van der Waals surface area (Å²) in [6.45, 7) is 18.1. The Bertz CT molecular complexity index is 1390. The number of allylic oxidation sites excluding steroid dienone is 1. The van der Waals surface area contributed by atoms with E-state index in [1.165, 1.54) is 33.9 Å². The van der Waals surface area contributed by atoms with Gasteiger partial charge >= 0.3 is 0 Å². The number of rotatable bonds is 6. The van der Waals surface area contributed by atoms with Crippen LogP contribution in [0.3, 0.4) is 0 Å². The van der Waals surface area contributed by atoms with Crippen molar-refractivity contribution in [1.82, 2.24) is 0 Å². The highest BCUT2D eigenvalue weighted by Crippen LogP contribution is 2.51. The molecule has 1 atom stereocenters. The zero-order valence-electron chi connectivity index (χ0n) is 22.4. The second-order valence-corrected chi connectivity index (χ2v) is 26.6. The van der Waals surface area contributed by atoms with Gasteiger partial charge in [0.05, 0.1) is 8.07 Å². The van der Waals surface area contributed by atoms with E-state index in [1.807, 2.05) is 0 Å². The van der Waals surface area contributed by atoms with Crippen LogP contribution in [0.1, 0.15) is 33.7 Å². The van der Waals surface area contributed by atoms with Crippen LogP contribution in [0.15, 0.2) is 59.8 Å². The fourth-order valence-corrected chi connectivity index (χ4v) is 13.5. The Balaban J connectivity index is 1.50. The Morgan fingerprint density at radius 2 is 1.63 bits per heavy atom. The highest BCUT2D eigenvalue weighted by Gasteiger charge is 2.51. The van der Waals surface area contributed by atoms with Gasteiger partial charge in [0.25, 0.3) is 0 Å². The minimum absolute atomic E-state index is 0.423. The SMILES string of the molecule is C[Si](C)(C)OCC[Si](C)(C)C1=Cc2ccccc2C1c1c2c(cc3c1[Si]3(C)C)-c1ccccc1C2. The molecule has 1 aliphatic heterocycles. The van der Waals surface area contributed by atoms with Crippen molar-refractivity contribution in [3.8, 4) is 11.1 Å². The van der Waals surface area contributed by atoms with Crippen LogP contribution in [0.4, 0.5) is 0 Å². The van der Waals surface area contributed by atoms with E-state index in [9.17, 15) is 0 Å². The van der Waals surface area contributed by atoms with Crippen molar-refractivity contribution in [2.24, 2.45) is 0 Å². The lowest BCUT2D eigenvalue weighted by atomic mass is 9.87. The minimum Gasteiger partial charge on any atom is -0.418 e. The van der Waals surface area contributed by atoms with E-state index in [-0.39, 0.29) is 0 Å². The lowest BCUT2D eigenvalue weighted by molar-refractivity contribution is 0.332. The van der Waals surface area contributed by atoms with E-state index < -0.39 is 24.5 Å². The molecule has 0 bridgehead atoms. The van der Waals surface area contributed by atoms with Gasteiger partial charge in [-0.3, -0.25) is 0 Å². The van der Waals surface area contributed by atoms with Gasteiger partial charge < -0.3 is 4.43 Å². The van der Waals surface area contributed by atoms with Gasteiger partial charge in [0.15, 0.2) is 8.32 Å². The van der Waals surface area contributed by atoms with Gasteiger partial charge in [-0.2, -0.15) is 0 Å². The Morgan fingerprint density at radius 3 is 2.40 bits per heavy atom. The summed E-state index contributed by atoms with van der Waals surface area (Å²) in [5.41, 5.74) is 10.8. The minimum atomic E-state index is -1.70. The molecule has 3 aliphatic rings. The molecule has 3 aromatic rings. The molecule has 0 N–H and O–H groups in total. The summed E-state index contributed by atoms with van der Waals surface area (Å²) in [4.78, 5) is 0. The molecule has 0 aromatic heterocycles. The summed E-state index contributed by atoms with van der Waals surface area (Å²) < 4.78 is 6.38. The first kappa shape index (κ1) is 23.4. The van der Waals surface area contributed by atoms with E-state index in [0.29, 0.717) is 5.92 Å². The van der Waals surface area contributed by atoms with Crippen molar-refractivity contribution in [1.29, 1.82) is 0 Å². The monoisotopic (exact) mass is 510 g/mol. The van der Waals surface area contributed by atoms with Crippen molar-refractivity contribution >= 4 is 40.9 Å². The highest BCUT2D eigenvalue weighted by molar-refractivity contribution is 7.16. The van der Waals surface area contributed by atoms with Crippen LogP contribution in [0.25, 0.3) is 17.2 Å². The molecule has 6 rings (SSSR count). The van der Waals surface area contributed by atoms with E-state index in [4.69, 9.17) is 4.43 Å². The number of hydrogen-bond acceptors (Lipinski definition) is 1. The Labute approximate surface area is 214 Å². The fourth-order valence-electron chi connectivity index (χ4n) is 6.61. The number of fused-ring (bicyclic) bond motifs is 5. The zero-order chi connectivity index (χ0) is 24.8. The van der Waals surface area contributed by atoms with E-state index >= 15 is 0 Å². The first-order valence-electron chi connectivity index (χ1n) is 13.2. The largest absolute Gasteiger partial charge is 0.418 e. The zero-order valence-corrected chi connectivity index (χ0v) is 25.4. The standard InChI is InChI=1S/C31H38OSi3/c1-33(2,3)32-16-17-34(4,5)27-19-22-13-9-11-15-24(22)29(27)30-26-18-21-12-8-10-14-23(21)25(26)20-28-31(30)35(28,6)7/h8-15,19-20,29H,16-18H2,1-7H3. The fraction of sp³-hybridized carbons (Fsp3) is 0.355. The van der Waals surface area contributed by atoms with Gasteiger partial charge in [0, 0.05) is 12.5 Å².